The number of thiazole rings is 1. The zero-order valence-corrected chi connectivity index (χ0v) is 15.0. The van der Waals surface area contributed by atoms with E-state index < -0.39 is 0 Å². The maximum atomic E-state index is 4.52. The van der Waals surface area contributed by atoms with Gasteiger partial charge >= 0.3 is 0 Å². The summed E-state index contributed by atoms with van der Waals surface area (Å²) in [7, 11) is 0. The number of nitrogens with zero attached hydrogens (tertiary/aromatic N) is 4. The summed E-state index contributed by atoms with van der Waals surface area (Å²) in [6, 6.07) is 7.30. The van der Waals surface area contributed by atoms with E-state index in [1.54, 1.807) is 17.7 Å². The SMILES string of the molecule is Cc1nc2cc(-c3nncn3C(C)(C)C)[c-]cc2s1.[Ir]. The second-order valence-electron chi connectivity index (χ2n) is 5.52. The van der Waals surface area contributed by atoms with Crippen LogP contribution in [0.3, 0.4) is 0 Å². The second kappa shape index (κ2) is 5.35. The molecule has 4 nitrogen and oxygen atoms in total. The summed E-state index contributed by atoms with van der Waals surface area (Å²) in [4.78, 5) is 4.52. The van der Waals surface area contributed by atoms with Gasteiger partial charge in [0.25, 0.3) is 0 Å². The Kier molecular flexibility index (Phi) is 4.09. The van der Waals surface area contributed by atoms with Crippen LogP contribution in [0, 0.1) is 13.0 Å². The molecule has 1 radical (unpaired) electrons. The Morgan fingerprint density at radius 2 is 2.05 bits per heavy atom. The fourth-order valence-corrected chi connectivity index (χ4v) is 2.82. The third-order valence-corrected chi connectivity index (χ3v) is 3.87. The van der Waals surface area contributed by atoms with Crippen molar-refractivity contribution in [2.45, 2.75) is 33.2 Å². The Morgan fingerprint density at radius 3 is 2.75 bits per heavy atom. The molecule has 0 atom stereocenters. The van der Waals surface area contributed by atoms with Crippen molar-refractivity contribution >= 4 is 21.6 Å². The van der Waals surface area contributed by atoms with E-state index >= 15 is 0 Å². The molecule has 0 unspecified atom stereocenters. The van der Waals surface area contributed by atoms with Gasteiger partial charge in [0, 0.05) is 25.6 Å². The third kappa shape index (κ3) is 2.68. The minimum atomic E-state index is -0.0559. The molecule has 20 heavy (non-hydrogen) atoms. The van der Waals surface area contributed by atoms with E-state index in [-0.39, 0.29) is 25.6 Å². The van der Waals surface area contributed by atoms with E-state index in [1.165, 1.54) is 0 Å². The van der Waals surface area contributed by atoms with E-state index in [0.29, 0.717) is 0 Å². The summed E-state index contributed by atoms with van der Waals surface area (Å²) < 4.78 is 3.22. The van der Waals surface area contributed by atoms with E-state index in [2.05, 4.69) is 46.6 Å². The molecule has 0 amide bonds. The van der Waals surface area contributed by atoms with Crippen LogP contribution in [0.4, 0.5) is 0 Å². The van der Waals surface area contributed by atoms with Crippen molar-refractivity contribution in [3.63, 3.8) is 0 Å². The van der Waals surface area contributed by atoms with Crippen LogP contribution in [0.15, 0.2) is 18.5 Å². The van der Waals surface area contributed by atoms with E-state index in [4.69, 9.17) is 0 Å². The summed E-state index contributed by atoms with van der Waals surface area (Å²) in [5.41, 5.74) is 1.88. The first-order valence-electron chi connectivity index (χ1n) is 6.15. The van der Waals surface area contributed by atoms with E-state index in [1.807, 2.05) is 19.1 Å². The molecule has 6 heteroatoms. The Morgan fingerprint density at radius 1 is 1.30 bits per heavy atom. The molecular formula is C14H15IrN4S-. The standard InChI is InChI=1S/C14H15N4S.Ir/c1-9-16-11-7-10(5-6-12(11)19-9)13-17-15-8-18(13)14(2,3)4;/h6-8H,1-4H3;/q-1;. The molecule has 0 bridgehead atoms. The van der Waals surface area contributed by atoms with Gasteiger partial charge in [0.1, 0.15) is 6.33 Å². The maximum Gasteiger partial charge on any atom is 0.110 e. The van der Waals surface area contributed by atoms with E-state index in [9.17, 15) is 0 Å². The van der Waals surface area contributed by atoms with Crippen molar-refractivity contribution in [3.05, 3.63) is 29.5 Å². The van der Waals surface area contributed by atoms with E-state index in [0.717, 1.165) is 26.6 Å². The Balaban J connectivity index is 0.00000147. The first-order chi connectivity index (χ1) is 8.95. The van der Waals surface area contributed by atoms with Gasteiger partial charge in [-0.1, -0.05) is 0 Å². The van der Waals surface area contributed by atoms with Gasteiger partial charge < -0.3 is 4.57 Å². The van der Waals surface area contributed by atoms with Crippen molar-refractivity contribution < 1.29 is 20.1 Å². The van der Waals surface area contributed by atoms with Gasteiger partial charge in [-0.3, -0.25) is 4.98 Å². The van der Waals surface area contributed by atoms with Gasteiger partial charge in [-0.05, 0) is 37.9 Å². The normalized spacial score (nSPS) is 11.6. The Bertz CT molecular complexity index is 739. The molecule has 0 saturated heterocycles. The molecule has 0 saturated carbocycles. The number of benzene rings is 1. The topological polar surface area (TPSA) is 43.6 Å². The van der Waals surface area contributed by atoms with Gasteiger partial charge in [-0.25, -0.2) is 0 Å². The van der Waals surface area contributed by atoms with Crippen LogP contribution < -0.4 is 0 Å². The summed E-state index contributed by atoms with van der Waals surface area (Å²) in [5.74, 6) is 0.833. The smallest absolute Gasteiger partial charge is 0.110 e. The second-order valence-corrected chi connectivity index (χ2v) is 6.76. The fourth-order valence-electron chi connectivity index (χ4n) is 2.03. The van der Waals surface area contributed by atoms with Gasteiger partial charge in [0.05, 0.1) is 10.8 Å². The van der Waals surface area contributed by atoms with Crippen LogP contribution in [-0.2, 0) is 25.6 Å². The average molecular weight is 464 g/mol. The predicted molar refractivity (Wildman–Crippen MR) is 77.2 cm³/mol. The number of rotatable bonds is 1. The molecule has 0 N–H and O–H groups in total. The van der Waals surface area contributed by atoms with Crippen molar-refractivity contribution in [2.24, 2.45) is 0 Å². The first-order valence-corrected chi connectivity index (χ1v) is 6.96. The minimum absolute atomic E-state index is 0. The molecule has 0 aliphatic rings. The quantitative estimate of drug-likeness (QED) is 0.520. The van der Waals surface area contributed by atoms with Crippen LogP contribution in [0.1, 0.15) is 25.8 Å². The number of fused-ring (bicyclic) bond motifs is 1. The summed E-state index contributed by atoms with van der Waals surface area (Å²) in [6.07, 6.45) is 1.76. The molecule has 2 heterocycles. The average Bonchev–Trinajstić information content (AvgIpc) is 2.90. The van der Waals surface area contributed by atoms with Gasteiger partial charge in [0.2, 0.25) is 0 Å². The van der Waals surface area contributed by atoms with Crippen LogP contribution in [0.2, 0.25) is 0 Å². The van der Waals surface area contributed by atoms with Crippen molar-refractivity contribution in [1.29, 1.82) is 0 Å². The molecule has 3 aromatic rings. The van der Waals surface area contributed by atoms with Crippen molar-refractivity contribution in [1.82, 2.24) is 19.7 Å². The zero-order chi connectivity index (χ0) is 13.6. The largest absolute Gasteiger partial charge is 0.349 e. The predicted octanol–water partition coefficient (Wildman–Crippen LogP) is 3.42. The maximum absolute atomic E-state index is 4.52. The van der Waals surface area contributed by atoms with Crippen LogP contribution >= 0.6 is 11.3 Å². The first kappa shape index (κ1) is 15.3. The molecule has 0 aliphatic heterocycles. The summed E-state index contributed by atoms with van der Waals surface area (Å²) >= 11 is 1.68. The monoisotopic (exact) mass is 464 g/mol. The number of aryl methyl sites for hydroxylation is 1. The molecule has 3 rings (SSSR count). The van der Waals surface area contributed by atoms with Crippen molar-refractivity contribution in [3.8, 4) is 11.4 Å². The van der Waals surface area contributed by atoms with Crippen LogP contribution in [0.25, 0.3) is 21.6 Å². The number of aromatic nitrogens is 4. The molecule has 107 valence electrons. The van der Waals surface area contributed by atoms with Crippen LogP contribution in [0.5, 0.6) is 0 Å². The van der Waals surface area contributed by atoms with Crippen LogP contribution in [-0.4, -0.2) is 19.7 Å². The minimum Gasteiger partial charge on any atom is -0.349 e. The zero-order valence-electron chi connectivity index (χ0n) is 11.8. The molecule has 0 fully saturated rings. The van der Waals surface area contributed by atoms with Gasteiger partial charge in [0.15, 0.2) is 0 Å². The van der Waals surface area contributed by atoms with Gasteiger partial charge in [-0.2, -0.15) is 16.4 Å². The van der Waals surface area contributed by atoms with Gasteiger partial charge in [-0.15, -0.1) is 28.9 Å². The van der Waals surface area contributed by atoms with Crippen molar-refractivity contribution in [2.75, 3.05) is 0 Å². The summed E-state index contributed by atoms with van der Waals surface area (Å²) in [5, 5.41) is 9.32. The molecule has 1 aromatic carbocycles. The fraction of sp³-hybridized carbons (Fsp3) is 0.357. The molecule has 2 aromatic heterocycles. The third-order valence-electron chi connectivity index (χ3n) is 2.94. The number of hydrogen-bond donors (Lipinski definition) is 0. The Hall–Kier alpha value is -1.10. The summed E-state index contributed by atoms with van der Waals surface area (Å²) in [6.45, 7) is 8.41. The Labute approximate surface area is 135 Å². The number of hydrogen-bond acceptors (Lipinski definition) is 4. The molecular weight excluding hydrogens is 448 g/mol. The molecule has 0 aliphatic carbocycles. The molecule has 0 spiro atoms.